The number of hydrogen-bond acceptors (Lipinski definition) is 2. The smallest absolute Gasteiger partial charge is 0.319 e. The van der Waals surface area contributed by atoms with Gasteiger partial charge in [-0.1, -0.05) is 6.42 Å². The Bertz CT molecular complexity index is 555. The van der Waals surface area contributed by atoms with Gasteiger partial charge in [-0.2, -0.15) is 0 Å². The van der Waals surface area contributed by atoms with E-state index >= 15 is 0 Å². The lowest BCUT2D eigenvalue weighted by Crippen LogP contribution is -2.48. The Balaban J connectivity index is 2.24. The molecule has 2 rings (SSSR count). The molecule has 0 radical (unpaired) electrons. The second-order valence-corrected chi connectivity index (χ2v) is 4.44. The lowest BCUT2D eigenvalue weighted by molar-refractivity contribution is -0.159. The third kappa shape index (κ3) is 2.16. The van der Waals surface area contributed by atoms with Gasteiger partial charge in [0.2, 0.25) is 5.91 Å². The van der Waals surface area contributed by atoms with E-state index in [0.717, 1.165) is 0 Å². The fourth-order valence-corrected chi connectivity index (χ4v) is 1.93. The Morgan fingerprint density at radius 1 is 1.11 bits per heavy atom. The highest BCUT2D eigenvalue weighted by Crippen LogP contribution is 2.42. The number of carboxylic acids is 1. The molecule has 1 aliphatic carbocycles. The lowest BCUT2D eigenvalue weighted by Gasteiger charge is -2.35. The third-order valence-corrected chi connectivity index (χ3v) is 3.31. The molecule has 1 fully saturated rings. The molecule has 1 aromatic rings. The van der Waals surface area contributed by atoms with E-state index in [9.17, 15) is 22.8 Å². The zero-order valence-electron chi connectivity index (χ0n) is 9.67. The molecule has 1 aromatic carbocycles. The molecule has 102 valence electrons. The Morgan fingerprint density at radius 2 is 1.68 bits per heavy atom. The van der Waals surface area contributed by atoms with E-state index in [1.807, 2.05) is 5.32 Å². The largest absolute Gasteiger partial charge is 0.480 e. The normalized spacial score (nSPS) is 16.6. The van der Waals surface area contributed by atoms with Crippen LogP contribution < -0.4 is 5.32 Å². The molecule has 0 aliphatic heterocycles. The van der Waals surface area contributed by atoms with Crippen LogP contribution in [0.25, 0.3) is 0 Å². The Kier molecular flexibility index (Phi) is 3.21. The van der Waals surface area contributed by atoms with E-state index in [1.165, 1.54) is 0 Å². The van der Waals surface area contributed by atoms with Crippen molar-refractivity contribution in [1.82, 2.24) is 0 Å². The van der Waals surface area contributed by atoms with Gasteiger partial charge in [-0.05, 0) is 12.8 Å². The first-order chi connectivity index (χ1) is 8.86. The molecule has 0 heterocycles. The van der Waals surface area contributed by atoms with Crippen LogP contribution >= 0.6 is 0 Å². The Hall–Kier alpha value is -2.05. The molecule has 19 heavy (non-hydrogen) atoms. The van der Waals surface area contributed by atoms with Crippen LogP contribution in [0, 0.1) is 22.9 Å². The number of rotatable bonds is 3. The fourth-order valence-electron chi connectivity index (χ4n) is 1.93. The van der Waals surface area contributed by atoms with Gasteiger partial charge in [0.15, 0.2) is 11.6 Å². The summed E-state index contributed by atoms with van der Waals surface area (Å²) in [6.07, 6.45) is 0.846. The summed E-state index contributed by atoms with van der Waals surface area (Å²) in [5, 5.41) is 11.0. The predicted molar refractivity (Wildman–Crippen MR) is 58.9 cm³/mol. The Labute approximate surface area is 106 Å². The van der Waals surface area contributed by atoms with Crippen LogP contribution in [-0.4, -0.2) is 17.0 Å². The average Bonchev–Trinajstić information content (AvgIpc) is 2.23. The van der Waals surface area contributed by atoms with E-state index in [1.54, 1.807) is 0 Å². The summed E-state index contributed by atoms with van der Waals surface area (Å²) in [6, 6.07) is 0.774. The number of carbonyl (C=O) groups is 2. The van der Waals surface area contributed by atoms with Crippen LogP contribution in [0.4, 0.5) is 18.9 Å². The number of hydrogen-bond donors (Lipinski definition) is 2. The minimum absolute atomic E-state index is 0.138. The maximum Gasteiger partial charge on any atom is 0.319 e. The van der Waals surface area contributed by atoms with E-state index in [4.69, 9.17) is 5.11 Å². The van der Waals surface area contributed by atoms with Gasteiger partial charge in [0.1, 0.15) is 11.2 Å². The van der Waals surface area contributed by atoms with Crippen molar-refractivity contribution in [2.75, 3.05) is 5.32 Å². The summed E-state index contributed by atoms with van der Waals surface area (Å²) in [5.41, 5.74) is -2.17. The molecule has 4 nitrogen and oxygen atoms in total. The second-order valence-electron chi connectivity index (χ2n) is 4.44. The maximum absolute atomic E-state index is 13.3. The number of halogens is 3. The van der Waals surface area contributed by atoms with Gasteiger partial charge in [0.05, 0.1) is 5.69 Å². The molecular formula is C12H10F3NO3. The molecule has 0 aromatic heterocycles. The van der Waals surface area contributed by atoms with Crippen LogP contribution in [0.1, 0.15) is 19.3 Å². The first-order valence-electron chi connectivity index (χ1n) is 5.56. The summed E-state index contributed by atoms with van der Waals surface area (Å²) in [6.45, 7) is 0. The molecule has 7 heteroatoms. The number of amides is 1. The van der Waals surface area contributed by atoms with E-state index in [2.05, 4.69) is 0 Å². The lowest BCUT2D eigenvalue weighted by atomic mass is 9.68. The van der Waals surface area contributed by atoms with Gasteiger partial charge in [-0.3, -0.25) is 9.59 Å². The van der Waals surface area contributed by atoms with E-state index in [0.29, 0.717) is 18.6 Å². The monoisotopic (exact) mass is 273 g/mol. The molecule has 0 unspecified atom stereocenters. The van der Waals surface area contributed by atoms with Gasteiger partial charge >= 0.3 is 5.97 Å². The van der Waals surface area contributed by atoms with Crippen LogP contribution in [0.15, 0.2) is 12.1 Å². The number of nitrogens with one attached hydrogen (secondary N) is 1. The van der Waals surface area contributed by atoms with Crippen LogP contribution in [0.3, 0.4) is 0 Å². The molecule has 1 saturated carbocycles. The molecule has 0 bridgehead atoms. The summed E-state index contributed by atoms with van der Waals surface area (Å²) < 4.78 is 39.0. The topological polar surface area (TPSA) is 66.4 Å². The van der Waals surface area contributed by atoms with Crippen molar-refractivity contribution < 1.29 is 27.9 Å². The number of benzene rings is 1. The van der Waals surface area contributed by atoms with E-state index in [-0.39, 0.29) is 12.8 Å². The number of carboxylic acid groups (broad SMARTS) is 1. The van der Waals surface area contributed by atoms with E-state index < -0.39 is 40.4 Å². The average molecular weight is 273 g/mol. The molecule has 1 aliphatic rings. The second kappa shape index (κ2) is 4.56. The van der Waals surface area contributed by atoms with Crippen molar-refractivity contribution in [2.24, 2.45) is 5.41 Å². The summed E-state index contributed by atoms with van der Waals surface area (Å²) >= 11 is 0. The number of aliphatic carboxylic acids is 1. The van der Waals surface area contributed by atoms with Crippen molar-refractivity contribution in [2.45, 2.75) is 19.3 Å². The molecule has 2 N–H and O–H groups in total. The highest BCUT2D eigenvalue weighted by atomic mass is 19.2. The SMILES string of the molecule is O=C(O)C1(C(=O)Nc2cc(F)c(F)cc2F)CCC1. The zero-order valence-corrected chi connectivity index (χ0v) is 9.67. The quantitative estimate of drug-likeness (QED) is 0.656. The highest BCUT2D eigenvalue weighted by molar-refractivity contribution is 6.09. The molecular weight excluding hydrogens is 263 g/mol. The Morgan fingerprint density at radius 3 is 2.16 bits per heavy atom. The van der Waals surface area contributed by atoms with Gasteiger partial charge in [-0.25, -0.2) is 13.2 Å². The summed E-state index contributed by atoms with van der Waals surface area (Å²) in [5.74, 6) is -6.09. The van der Waals surface area contributed by atoms with Crippen molar-refractivity contribution in [3.05, 3.63) is 29.6 Å². The van der Waals surface area contributed by atoms with Crippen LogP contribution in [0.5, 0.6) is 0 Å². The number of anilines is 1. The van der Waals surface area contributed by atoms with Crippen LogP contribution in [0.2, 0.25) is 0 Å². The van der Waals surface area contributed by atoms with Gasteiger partial charge < -0.3 is 10.4 Å². The first kappa shape index (κ1) is 13.4. The van der Waals surface area contributed by atoms with Crippen molar-refractivity contribution in [3.8, 4) is 0 Å². The predicted octanol–water partition coefficient (Wildman–Crippen LogP) is 2.30. The first-order valence-corrected chi connectivity index (χ1v) is 5.56. The maximum atomic E-state index is 13.3. The van der Waals surface area contributed by atoms with Gasteiger partial charge in [0, 0.05) is 12.1 Å². The van der Waals surface area contributed by atoms with Crippen molar-refractivity contribution in [1.29, 1.82) is 0 Å². The van der Waals surface area contributed by atoms with Crippen LogP contribution in [-0.2, 0) is 9.59 Å². The number of carbonyl (C=O) groups excluding carboxylic acids is 1. The standard InChI is InChI=1S/C12H10F3NO3/c13-6-4-8(15)9(5-7(6)14)16-10(17)12(11(18)19)2-1-3-12/h4-5H,1-3H2,(H,16,17)(H,18,19). The summed E-state index contributed by atoms with van der Waals surface area (Å²) in [7, 11) is 0. The zero-order chi connectivity index (χ0) is 14.2. The van der Waals surface area contributed by atoms with Gasteiger partial charge in [-0.15, -0.1) is 0 Å². The fraction of sp³-hybridized carbons (Fsp3) is 0.333. The highest BCUT2D eigenvalue weighted by Gasteiger charge is 2.51. The molecule has 0 atom stereocenters. The van der Waals surface area contributed by atoms with Crippen molar-refractivity contribution >= 4 is 17.6 Å². The summed E-state index contributed by atoms with van der Waals surface area (Å²) in [4.78, 5) is 22.9. The minimum Gasteiger partial charge on any atom is -0.480 e. The molecule has 0 spiro atoms. The molecule has 1 amide bonds. The molecule has 0 saturated heterocycles. The van der Waals surface area contributed by atoms with Crippen molar-refractivity contribution in [3.63, 3.8) is 0 Å². The third-order valence-electron chi connectivity index (χ3n) is 3.31. The minimum atomic E-state index is -1.60. The van der Waals surface area contributed by atoms with Gasteiger partial charge in [0.25, 0.3) is 0 Å².